The van der Waals surface area contributed by atoms with Crippen LogP contribution in [0.2, 0.25) is 0 Å². The molecule has 1 aromatic heterocycles. The highest BCUT2D eigenvalue weighted by Gasteiger charge is 2.12. The first-order chi connectivity index (χ1) is 18.8. The molecule has 3 aromatic carbocycles. The third kappa shape index (κ3) is 8.49. The molecule has 0 aliphatic carbocycles. The number of benzene rings is 3. The van der Waals surface area contributed by atoms with Crippen LogP contribution in [0.15, 0.2) is 83.7 Å². The quantitative estimate of drug-likeness (QED) is 0.318. The minimum atomic E-state index is -1.22. The zero-order chi connectivity index (χ0) is 28.2. The first-order valence-corrected chi connectivity index (χ1v) is 13.2. The van der Waals surface area contributed by atoms with Crippen molar-refractivity contribution in [3.05, 3.63) is 106 Å². The second-order valence-corrected chi connectivity index (χ2v) is 9.13. The number of quaternary nitrogens is 1. The molecule has 4 aromatic rings. The smallest absolute Gasteiger partial charge is 0.261 e. The molecule has 0 spiro atoms. The number of nitrogens with zero attached hydrogens (tertiary/aromatic N) is 2. The van der Waals surface area contributed by atoms with E-state index in [1.807, 2.05) is 43.3 Å². The lowest BCUT2D eigenvalue weighted by Crippen LogP contribution is -2.51. The van der Waals surface area contributed by atoms with E-state index in [1.54, 1.807) is 41.8 Å². The van der Waals surface area contributed by atoms with E-state index in [4.69, 9.17) is 9.47 Å². The van der Waals surface area contributed by atoms with E-state index in [-0.39, 0.29) is 12.0 Å². The Bertz CT molecular complexity index is 1390. The second kappa shape index (κ2) is 14.8. The van der Waals surface area contributed by atoms with Gasteiger partial charge in [-0.25, -0.2) is 4.98 Å². The van der Waals surface area contributed by atoms with Crippen LogP contribution in [0.5, 0.6) is 5.75 Å². The molecular formula is C31H37N3O5. The monoisotopic (exact) mass is 531 g/mol. The van der Waals surface area contributed by atoms with Crippen molar-refractivity contribution in [1.82, 2.24) is 9.55 Å². The molecule has 0 aliphatic heterocycles. The predicted molar refractivity (Wildman–Crippen MR) is 149 cm³/mol. The molecule has 0 amide bonds. The average molecular weight is 532 g/mol. The van der Waals surface area contributed by atoms with Crippen LogP contribution in [0.4, 0.5) is 0 Å². The van der Waals surface area contributed by atoms with Crippen LogP contribution in [0, 0.1) is 0 Å². The molecule has 206 valence electrons. The number of carbonyl (C=O) groups excluding carboxylic acids is 1. The maximum absolute atomic E-state index is 12.8. The summed E-state index contributed by atoms with van der Waals surface area (Å²) in [4.78, 5) is 28.5. The lowest BCUT2D eigenvalue weighted by molar-refractivity contribution is -0.420. The van der Waals surface area contributed by atoms with Gasteiger partial charge in [0.25, 0.3) is 5.56 Å². The number of aryl methyl sites for hydroxylation is 1. The fourth-order valence-electron chi connectivity index (χ4n) is 4.10. The van der Waals surface area contributed by atoms with E-state index in [9.17, 15) is 14.7 Å². The topological polar surface area (TPSA) is 121 Å². The Hall–Kier alpha value is -4.01. The van der Waals surface area contributed by atoms with Gasteiger partial charge in [-0.3, -0.25) is 9.36 Å². The number of aliphatic carboxylic acids is 1. The molecule has 0 fully saturated rings. The third-order valence-electron chi connectivity index (χ3n) is 6.18. The number of fused-ring (bicyclic) bond motifs is 1. The van der Waals surface area contributed by atoms with Crippen molar-refractivity contribution in [3.8, 4) is 5.75 Å². The van der Waals surface area contributed by atoms with Crippen LogP contribution in [0.25, 0.3) is 10.9 Å². The number of aromatic nitrogens is 2. The Kier molecular flexibility index (Phi) is 11.2. The summed E-state index contributed by atoms with van der Waals surface area (Å²) in [6, 6.07) is 25.2. The van der Waals surface area contributed by atoms with Gasteiger partial charge in [-0.2, -0.15) is 0 Å². The molecule has 0 aliphatic rings. The van der Waals surface area contributed by atoms with Gasteiger partial charge in [0.1, 0.15) is 30.3 Å². The number of ether oxygens (including phenoxy) is 2. The van der Waals surface area contributed by atoms with Crippen molar-refractivity contribution >= 4 is 16.9 Å². The molecule has 1 heterocycles. The van der Waals surface area contributed by atoms with Crippen LogP contribution in [0.3, 0.4) is 0 Å². The standard InChI is InChI=1S/C23H26N2O5.C8H11N/c1-3-21-24-19-8-6-5-7-18(19)22(26)25(21)13-14-30-17-11-9-16(10-12-17)15-20(23(27)28)29-4-2;1-7(9)8-5-3-2-4-6-8/h5-12,20H,3-4,13-15H2,1-2H3,(H,27,28);2-7H,9H2,1H3/t20-;7-/m01/s1. The molecule has 0 saturated heterocycles. The van der Waals surface area contributed by atoms with Crippen molar-refractivity contribution in [2.75, 3.05) is 13.2 Å². The number of rotatable bonds is 11. The Morgan fingerprint density at radius 2 is 1.67 bits per heavy atom. The van der Waals surface area contributed by atoms with Gasteiger partial charge in [-0.1, -0.05) is 61.5 Å². The summed E-state index contributed by atoms with van der Waals surface area (Å²) < 4.78 is 12.6. The van der Waals surface area contributed by atoms with E-state index >= 15 is 0 Å². The Morgan fingerprint density at radius 3 is 2.26 bits per heavy atom. The Balaban J connectivity index is 0.000000395. The SMILES string of the molecule is CCO[C@@H](Cc1ccc(OCCn2c(CC)nc3ccccc3c2=O)cc1)C(=O)[O-].C[C@@H]([NH3+])c1ccccc1. The van der Waals surface area contributed by atoms with E-state index in [2.05, 4.69) is 29.8 Å². The van der Waals surface area contributed by atoms with Crippen molar-refractivity contribution in [3.63, 3.8) is 0 Å². The summed E-state index contributed by atoms with van der Waals surface area (Å²) in [5.41, 5.74) is 6.66. The normalized spacial score (nSPS) is 12.3. The van der Waals surface area contributed by atoms with E-state index < -0.39 is 12.1 Å². The Morgan fingerprint density at radius 1 is 1.00 bits per heavy atom. The first kappa shape index (κ1) is 29.5. The van der Waals surface area contributed by atoms with Gasteiger partial charge in [-0.05, 0) is 43.7 Å². The zero-order valence-electron chi connectivity index (χ0n) is 22.8. The minimum Gasteiger partial charge on any atom is -0.547 e. The van der Waals surface area contributed by atoms with Gasteiger partial charge in [0.05, 0.1) is 23.4 Å². The summed E-state index contributed by atoms with van der Waals surface area (Å²) in [5.74, 6) is 0.139. The molecule has 0 unspecified atom stereocenters. The molecule has 2 atom stereocenters. The second-order valence-electron chi connectivity index (χ2n) is 9.13. The van der Waals surface area contributed by atoms with E-state index in [0.717, 1.165) is 11.4 Å². The highest BCUT2D eigenvalue weighted by Crippen LogP contribution is 2.15. The highest BCUT2D eigenvalue weighted by molar-refractivity contribution is 5.77. The average Bonchev–Trinajstić information content (AvgIpc) is 2.95. The fraction of sp³-hybridized carbons (Fsp3) is 0.323. The molecule has 0 bridgehead atoms. The maximum Gasteiger partial charge on any atom is 0.261 e. The number of carboxylic acids is 1. The zero-order valence-corrected chi connectivity index (χ0v) is 22.8. The van der Waals surface area contributed by atoms with Gasteiger partial charge in [-0.15, -0.1) is 0 Å². The minimum absolute atomic E-state index is 0.0688. The van der Waals surface area contributed by atoms with Crippen LogP contribution in [-0.2, 0) is 28.9 Å². The summed E-state index contributed by atoms with van der Waals surface area (Å²) in [6.45, 7) is 6.81. The van der Waals surface area contributed by atoms with Gasteiger partial charge in [0, 0.05) is 25.0 Å². The molecule has 3 N–H and O–H groups in total. The maximum atomic E-state index is 12.8. The summed E-state index contributed by atoms with van der Waals surface area (Å²) >= 11 is 0. The van der Waals surface area contributed by atoms with Crippen LogP contribution in [0.1, 0.15) is 43.8 Å². The van der Waals surface area contributed by atoms with Crippen LogP contribution < -0.4 is 21.1 Å². The van der Waals surface area contributed by atoms with Gasteiger partial charge in [0.2, 0.25) is 0 Å². The van der Waals surface area contributed by atoms with Gasteiger partial charge in [0.15, 0.2) is 0 Å². The highest BCUT2D eigenvalue weighted by atomic mass is 16.5. The fourth-order valence-corrected chi connectivity index (χ4v) is 4.10. The molecule has 4 rings (SSSR count). The number of carbonyl (C=O) groups is 1. The van der Waals surface area contributed by atoms with Crippen molar-refractivity contribution < 1.29 is 25.1 Å². The lowest BCUT2D eigenvalue weighted by atomic mass is 10.1. The first-order valence-electron chi connectivity index (χ1n) is 13.2. The molecule has 0 saturated carbocycles. The van der Waals surface area contributed by atoms with Crippen molar-refractivity contribution in [2.45, 2.75) is 52.3 Å². The van der Waals surface area contributed by atoms with Crippen LogP contribution >= 0.6 is 0 Å². The molecule has 8 nitrogen and oxygen atoms in total. The number of hydrogen-bond donors (Lipinski definition) is 1. The third-order valence-corrected chi connectivity index (χ3v) is 6.18. The lowest BCUT2D eigenvalue weighted by Gasteiger charge is -2.18. The van der Waals surface area contributed by atoms with Crippen molar-refractivity contribution in [2.24, 2.45) is 0 Å². The van der Waals surface area contributed by atoms with Crippen molar-refractivity contribution in [1.29, 1.82) is 0 Å². The predicted octanol–water partition coefficient (Wildman–Crippen LogP) is 2.72. The number of hydrogen-bond acceptors (Lipinski definition) is 6. The largest absolute Gasteiger partial charge is 0.547 e. The van der Waals surface area contributed by atoms with Gasteiger partial charge >= 0.3 is 0 Å². The molecular weight excluding hydrogens is 494 g/mol. The summed E-state index contributed by atoms with van der Waals surface area (Å²) in [5, 5.41) is 11.7. The van der Waals surface area contributed by atoms with Gasteiger partial charge < -0.3 is 25.1 Å². The summed E-state index contributed by atoms with van der Waals surface area (Å²) in [7, 11) is 0. The Labute approximate surface area is 229 Å². The number of carboxylic acid groups (broad SMARTS) is 1. The van der Waals surface area contributed by atoms with E-state index in [1.165, 1.54) is 5.56 Å². The number of para-hydroxylation sites is 1. The molecule has 39 heavy (non-hydrogen) atoms. The molecule has 8 heteroatoms. The van der Waals surface area contributed by atoms with E-state index in [0.29, 0.717) is 48.9 Å². The molecule has 0 radical (unpaired) electrons. The summed E-state index contributed by atoms with van der Waals surface area (Å²) in [6.07, 6.45) is -0.0932. The van der Waals surface area contributed by atoms with Crippen LogP contribution in [-0.4, -0.2) is 34.8 Å².